The highest BCUT2D eigenvalue weighted by Crippen LogP contribution is 2.22. The molecule has 1 atom stereocenters. The average Bonchev–Trinajstić information content (AvgIpc) is 3.21. The number of benzene rings is 1. The zero-order chi connectivity index (χ0) is 16.2. The van der Waals surface area contributed by atoms with Gasteiger partial charge in [-0.15, -0.1) is 0 Å². The maximum atomic E-state index is 12.1. The summed E-state index contributed by atoms with van der Waals surface area (Å²) >= 11 is 0. The maximum Gasteiger partial charge on any atom is 0.251 e. The molecule has 0 unspecified atom stereocenters. The lowest BCUT2D eigenvalue weighted by Gasteiger charge is -2.18. The highest BCUT2D eigenvalue weighted by atomic mass is 16.5. The van der Waals surface area contributed by atoms with Crippen LogP contribution in [0.3, 0.4) is 0 Å². The molecule has 1 aromatic carbocycles. The van der Waals surface area contributed by atoms with E-state index in [-0.39, 0.29) is 18.6 Å². The van der Waals surface area contributed by atoms with Crippen molar-refractivity contribution >= 4 is 11.6 Å². The van der Waals surface area contributed by atoms with Gasteiger partial charge in [0.05, 0.1) is 12.6 Å². The Morgan fingerprint density at radius 3 is 2.83 bits per heavy atom. The van der Waals surface area contributed by atoms with E-state index in [1.165, 1.54) is 0 Å². The Morgan fingerprint density at radius 1 is 1.43 bits per heavy atom. The molecule has 1 saturated heterocycles. The van der Waals surface area contributed by atoms with Crippen molar-refractivity contribution in [3.63, 3.8) is 0 Å². The number of anilines is 1. The summed E-state index contributed by atoms with van der Waals surface area (Å²) in [6, 6.07) is 7.57. The minimum absolute atomic E-state index is 0.163. The van der Waals surface area contributed by atoms with E-state index in [0.29, 0.717) is 17.3 Å². The van der Waals surface area contributed by atoms with E-state index >= 15 is 0 Å². The molecular formula is C16H20N4O3. The van der Waals surface area contributed by atoms with Crippen LogP contribution < -0.4 is 10.2 Å². The second kappa shape index (κ2) is 6.78. The Bertz CT molecular complexity index is 668. The summed E-state index contributed by atoms with van der Waals surface area (Å²) < 4.78 is 10.3. The summed E-state index contributed by atoms with van der Waals surface area (Å²) in [5.41, 5.74) is 1.71. The molecule has 2 aromatic rings. The predicted octanol–water partition coefficient (Wildman–Crippen LogP) is 1.53. The standard InChI is InChI=1S/C16H20N4O3/c1-11-18-15(23-19-11)9-17-16(21)12-3-5-13(6-4-12)20-8-7-14(10-20)22-2/h3-6,14H,7-10H2,1-2H3,(H,17,21)/t14-/m0/s1. The highest BCUT2D eigenvalue weighted by Gasteiger charge is 2.22. The Hall–Kier alpha value is -2.41. The molecule has 0 aliphatic carbocycles. The lowest BCUT2D eigenvalue weighted by molar-refractivity contribution is 0.0946. The molecule has 1 aliphatic heterocycles. The molecule has 1 aliphatic rings. The number of ether oxygens (including phenoxy) is 1. The predicted molar refractivity (Wildman–Crippen MR) is 84.3 cm³/mol. The number of carbonyl (C=O) groups excluding carboxylic acids is 1. The van der Waals surface area contributed by atoms with E-state index in [2.05, 4.69) is 20.4 Å². The van der Waals surface area contributed by atoms with Gasteiger partial charge in [0.2, 0.25) is 5.89 Å². The van der Waals surface area contributed by atoms with Gasteiger partial charge in [0.15, 0.2) is 5.82 Å². The Labute approximate surface area is 134 Å². The molecule has 2 heterocycles. The van der Waals surface area contributed by atoms with E-state index in [0.717, 1.165) is 25.2 Å². The van der Waals surface area contributed by atoms with Crippen LogP contribution in [0.5, 0.6) is 0 Å². The third kappa shape index (κ3) is 3.68. The molecule has 122 valence electrons. The number of methoxy groups -OCH3 is 1. The molecule has 1 amide bonds. The average molecular weight is 316 g/mol. The smallest absolute Gasteiger partial charge is 0.251 e. The van der Waals surface area contributed by atoms with Crippen molar-refractivity contribution in [2.75, 3.05) is 25.1 Å². The van der Waals surface area contributed by atoms with Gasteiger partial charge in [-0.05, 0) is 37.6 Å². The van der Waals surface area contributed by atoms with E-state index in [9.17, 15) is 4.79 Å². The number of aromatic nitrogens is 2. The molecule has 1 fully saturated rings. The normalized spacial score (nSPS) is 17.5. The van der Waals surface area contributed by atoms with Crippen LogP contribution in [0.1, 0.15) is 28.5 Å². The molecular weight excluding hydrogens is 296 g/mol. The lowest BCUT2D eigenvalue weighted by Crippen LogP contribution is -2.24. The van der Waals surface area contributed by atoms with Crippen LogP contribution in [0.4, 0.5) is 5.69 Å². The number of hydrogen-bond acceptors (Lipinski definition) is 6. The van der Waals surface area contributed by atoms with Gasteiger partial charge in [-0.1, -0.05) is 5.16 Å². The first-order chi connectivity index (χ1) is 11.2. The first kappa shape index (κ1) is 15.5. The zero-order valence-electron chi connectivity index (χ0n) is 13.3. The Kier molecular flexibility index (Phi) is 4.57. The van der Waals surface area contributed by atoms with Crippen molar-refractivity contribution < 1.29 is 14.1 Å². The molecule has 0 radical (unpaired) electrons. The van der Waals surface area contributed by atoms with Crippen molar-refractivity contribution in [3.05, 3.63) is 41.5 Å². The third-order valence-corrected chi connectivity index (χ3v) is 3.94. The second-order valence-electron chi connectivity index (χ2n) is 5.56. The highest BCUT2D eigenvalue weighted by molar-refractivity contribution is 5.94. The molecule has 1 aromatic heterocycles. The summed E-state index contributed by atoms with van der Waals surface area (Å²) in [4.78, 5) is 18.4. The molecule has 1 N–H and O–H groups in total. The van der Waals surface area contributed by atoms with Crippen LogP contribution in [0.2, 0.25) is 0 Å². The van der Waals surface area contributed by atoms with Crippen molar-refractivity contribution in [1.82, 2.24) is 15.5 Å². The summed E-state index contributed by atoms with van der Waals surface area (Å²) in [6.45, 7) is 3.82. The van der Waals surface area contributed by atoms with E-state index in [4.69, 9.17) is 9.26 Å². The zero-order valence-corrected chi connectivity index (χ0v) is 13.3. The van der Waals surface area contributed by atoms with E-state index in [1.54, 1.807) is 14.0 Å². The monoisotopic (exact) mass is 316 g/mol. The van der Waals surface area contributed by atoms with Gasteiger partial charge in [-0.25, -0.2) is 0 Å². The van der Waals surface area contributed by atoms with Crippen molar-refractivity contribution in [2.24, 2.45) is 0 Å². The van der Waals surface area contributed by atoms with Crippen LogP contribution in [-0.4, -0.2) is 42.4 Å². The van der Waals surface area contributed by atoms with Gasteiger partial charge in [-0.2, -0.15) is 4.98 Å². The number of hydrogen-bond donors (Lipinski definition) is 1. The fourth-order valence-electron chi connectivity index (χ4n) is 2.65. The lowest BCUT2D eigenvalue weighted by atomic mass is 10.2. The van der Waals surface area contributed by atoms with Gasteiger partial charge in [-0.3, -0.25) is 4.79 Å². The minimum atomic E-state index is -0.163. The summed E-state index contributed by atoms with van der Waals surface area (Å²) in [5.74, 6) is 0.789. The Balaban J connectivity index is 1.57. The molecule has 7 heteroatoms. The van der Waals surface area contributed by atoms with E-state index < -0.39 is 0 Å². The number of carbonyl (C=O) groups is 1. The van der Waals surface area contributed by atoms with Gasteiger partial charge >= 0.3 is 0 Å². The van der Waals surface area contributed by atoms with Crippen LogP contribution >= 0.6 is 0 Å². The van der Waals surface area contributed by atoms with Crippen LogP contribution in [0, 0.1) is 6.92 Å². The maximum absolute atomic E-state index is 12.1. The molecule has 3 rings (SSSR count). The van der Waals surface area contributed by atoms with Crippen molar-refractivity contribution in [2.45, 2.75) is 26.0 Å². The second-order valence-corrected chi connectivity index (χ2v) is 5.56. The summed E-state index contributed by atoms with van der Waals surface area (Å²) in [5, 5.41) is 6.45. The molecule has 0 saturated carbocycles. The van der Waals surface area contributed by atoms with Crippen LogP contribution in [0.15, 0.2) is 28.8 Å². The number of nitrogens with zero attached hydrogens (tertiary/aromatic N) is 3. The number of aryl methyl sites for hydroxylation is 1. The SMILES string of the molecule is CO[C@H]1CCN(c2ccc(C(=O)NCc3nc(C)no3)cc2)C1. The first-order valence-corrected chi connectivity index (χ1v) is 7.61. The van der Waals surface area contributed by atoms with Gasteiger partial charge in [0.1, 0.15) is 0 Å². The van der Waals surface area contributed by atoms with Gasteiger partial charge in [0.25, 0.3) is 5.91 Å². The molecule has 0 spiro atoms. The number of rotatable bonds is 5. The molecule has 0 bridgehead atoms. The number of amides is 1. The van der Waals surface area contributed by atoms with Crippen LogP contribution in [0.25, 0.3) is 0 Å². The van der Waals surface area contributed by atoms with Gasteiger partial charge in [0, 0.05) is 31.5 Å². The van der Waals surface area contributed by atoms with Crippen molar-refractivity contribution in [1.29, 1.82) is 0 Å². The quantitative estimate of drug-likeness (QED) is 0.901. The number of nitrogens with one attached hydrogen (secondary N) is 1. The molecule has 23 heavy (non-hydrogen) atoms. The third-order valence-electron chi connectivity index (χ3n) is 3.94. The van der Waals surface area contributed by atoms with Crippen LogP contribution in [-0.2, 0) is 11.3 Å². The summed E-state index contributed by atoms with van der Waals surface area (Å²) in [6.07, 6.45) is 1.32. The van der Waals surface area contributed by atoms with E-state index in [1.807, 2.05) is 24.3 Å². The Morgan fingerprint density at radius 2 is 2.22 bits per heavy atom. The largest absolute Gasteiger partial charge is 0.380 e. The molecule has 7 nitrogen and oxygen atoms in total. The van der Waals surface area contributed by atoms with Gasteiger partial charge < -0.3 is 19.5 Å². The summed E-state index contributed by atoms with van der Waals surface area (Å²) in [7, 11) is 1.74. The first-order valence-electron chi connectivity index (χ1n) is 7.61. The minimum Gasteiger partial charge on any atom is -0.380 e. The fourth-order valence-corrected chi connectivity index (χ4v) is 2.65. The topological polar surface area (TPSA) is 80.5 Å². The van der Waals surface area contributed by atoms with Crippen molar-refractivity contribution in [3.8, 4) is 0 Å². The fraction of sp³-hybridized carbons (Fsp3) is 0.438.